The number of halogens is 1. The lowest BCUT2D eigenvalue weighted by Crippen LogP contribution is -2.41. The Labute approximate surface area is 100 Å². The number of esters is 1. The summed E-state index contributed by atoms with van der Waals surface area (Å²) in [7, 11) is 1.42. The molecule has 1 rings (SSSR count). The van der Waals surface area contributed by atoms with E-state index < -0.39 is 0 Å². The molecule has 0 amide bonds. The van der Waals surface area contributed by atoms with Gasteiger partial charge in [-0.25, -0.2) is 0 Å². The van der Waals surface area contributed by atoms with E-state index in [1.807, 2.05) is 0 Å². The van der Waals surface area contributed by atoms with Crippen LogP contribution in [-0.2, 0) is 9.53 Å². The zero-order chi connectivity index (χ0) is 11.3. The Kier molecular flexibility index (Phi) is 5.61. The van der Waals surface area contributed by atoms with Crippen LogP contribution in [0, 0.1) is 5.92 Å². The van der Waals surface area contributed by atoms with Crippen LogP contribution in [0.1, 0.15) is 32.6 Å². The van der Waals surface area contributed by atoms with E-state index in [9.17, 15) is 4.79 Å². The number of rotatable bonds is 4. The van der Waals surface area contributed by atoms with Gasteiger partial charge in [0, 0.05) is 12.6 Å². The highest BCUT2D eigenvalue weighted by atomic mass is 79.9. The van der Waals surface area contributed by atoms with Gasteiger partial charge in [0.15, 0.2) is 0 Å². The molecule has 3 unspecified atom stereocenters. The van der Waals surface area contributed by atoms with Crippen molar-refractivity contribution in [3.63, 3.8) is 0 Å². The molecular weight excluding hydrogens is 258 g/mol. The predicted molar refractivity (Wildman–Crippen MR) is 64.2 cm³/mol. The van der Waals surface area contributed by atoms with Gasteiger partial charge in [-0.1, -0.05) is 35.7 Å². The minimum Gasteiger partial charge on any atom is -0.468 e. The molecule has 1 N–H and O–H groups in total. The van der Waals surface area contributed by atoms with Crippen LogP contribution in [-0.4, -0.2) is 30.5 Å². The zero-order valence-corrected chi connectivity index (χ0v) is 11.0. The molecule has 3 nitrogen and oxygen atoms in total. The first-order chi connectivity index (χ1) is 7.15. The zero-order valence-electron chi connectivity index (χ0n) is 9.46. The average molecular weight is 278 g/mol. The van der Waals surface area contributed by atoms with E-state index in [1.165, 1.54) is 32.8 Å². The molecule has 4 heteroatoms. The quantitative estimate of drug-likeness (QED) is 0.632. The van der Waals surface area contributed by atoms with Crippen LogP contribution < -0.4 is 5.32 Å². The second kappa shape index (κ2) is 6.48. The summed E-state index contributed by atoms with van der Waals surface area (Å²) in [6.45, 7) is 2.93. The lowest BCUT2D eigenvalue weighted by Gasteiger charge is -2.30. The fraction of sp³-hybridized carbons (Fsp3) is 0.909. The molecule has 0 aliphatic heterocycles. The molecule has 0 aromatic rings. The summed E-state index contributed by atoms with van der Waals surface area (Å²) in [6.07, 6.45) is 5.16. The van der Waals surface area contributed by atoms with E-state index >= 15 is 0 Å². The minimum atomic E-state index is -0.225. The van der Waals surface area contributed by atoms with E-state index in [0.29, 0.717) is 12.6 Å². The highest BCUT2D eigenvalue weighted by Gasteiger charge is 2.23. The van der Waals surface area contributed by atoms with Crippen molar-refractivity contribution >= 4 is 21.9 Å². The molecule has 0 heterocycles. The summed E-state index contributed by atoms with van der Waals surface area (Å²) in [5.74, 6) is 0.516. The maximum Gasteiger partial charge on any atom is 0.320 e. The maximum absolute atomic E-state index is 11.2. The van der Waals surface area contributed by atoms with E-state index in [-0.39, 0.29) is 10.8 Å². The second-order valence-corrected chi connectivity index (χ2v) is 5.37. The first kappa shape index (κ1) is 13.0. The molecule has 1 saturated carbocycles. The molecule has 1 aliphatic rings. The SMILES string of the molecule is COC(=O)C(Br)CNC1CCCCC1C. The summed E-state index contributed by atoms with van der Waals surface area (Å²) in [4.78, 5) is 10.9. The van der Waals surface area contributed by atoms with Crippen molar-refractivity contribution in [2.45, 2.75) is 43.5 Å². The molecule has 3 atom stereocenters. The van der Waals surface area contributed by atoms with Gasteiger partial charge in [-0.2, -0.15) is 0 Å². The largest absolute Gasteiger partial charge is 0.468 e. The molecule has 0 saturated heterocycles. The van der Waals surface area contributed by atoms with Gasteiger partial charge in [0.2, 0.25) is 0 Å². The van der Waals surface area contributed by atoms with E-state index in [0.717, 1.165) is 5.92 Å². The van der Waals surface area contributed by atoms with Gasteiger partial charge in [-0.15, -0.1) is 0 Å². The fourth-order valence-corrected chi connectivity index (χ4v) is 2.46. The number of nitrogens with one attached hydrogen (secondary N) is 1. The number of hydrogen-bond acceptors (Lipinski definition) is 3. The van der Waals surface area contributed by atoms with Gasteiger partial charge in [-0.05, 0) is 18.8 Å². The molecule has 0 aromatic carbocycles. The maximum atomic E-state index is 11.2. The van der Waals surface area contributed by atoms with Crippen molar-refractivity contribution in [1.82, 2.24) is 5.32 Å². The number of carbonyl (C=O) groups is 1. The lowest BCUT2D eigenvalue weighted by molar-refractivity contribution is -0.139. The van der Waals surface area contributed by atoms with Crippen molar-refractivity contribution in [3.05, 3.63) is 0 Å². The second-order valence-electron chi connectivity index (χ2n) is 4.27. The van der Waals surface area contributed by atoms with Gasteiger partial charge < -0.3 is 10.1 Å². The van der Waals surface area contributed by atoms with Crippen molar-refractivity contribution in [2.24, 2.45) is 5.92 Å². The molecule has 0 bridgehead atoms. The third kappa shape index (κ3) is 4.11. The van der Waals surface area contributed by atoms with Gasteiger partial charge >= 0.3 is 5.97 Å². The summed E-state index contributed by atoms with van der Waals surface area (Å²) < 4.78 is 4.65. The Morgan fingerprint density at radius 1 is 1.53 bits per heavy atom. The molecular formula is C11H20BrNO2. The Balaban J connectivity index is 2.26. The van der Waals surface area contributed by atoms with Crippen LogP contribution in [0.5, 0.6) is 0 Å². The van der Waals surface area contributed by atoms with Crippen LogP contribution in [0.4, 0.5) is 0 Å². The van der Waals surface area contributed by atoms with Crippen LogP contribution in [0.25, 0.3) is 0 Å². The molecule has 1 aliphatic carbocycles. The Morgan fingerprint density at radius 2 is 2.20 bits per heavy atom. The number of hydrogen-bond donors (Lipinski definition) is 1. The highest BCUT2D eigenvalue weighted by Crippen LogP contribution is 2.23. The Bertz CT molecular complexity index is 211. The normalized spacial score (nSPS) is 28.5. The van der Waals surface area contributed by atoms with E-state index in [1.54, 1.807) is 0 Å². The number of methoxy groups -OCH3 is 1. The van der Waals surface area contributed by atoms with Crippen molar-refractivity contribution in [2.75, 3.05) is 13.7 Å². The average Bonchev–Trinajstić information content (AvgIpc) is 2.26. The predicted octanol–water partition coefficient (Wildman–Crippen LogP) is 2.09. The molecule has 0 aromatic heterocycles. The van der Waals surface area contributed by atoms with Crippen molar-refractivity contribution in [3.8, 4) is 0 Å². The third-order valence-corrected chi connectivity index (χ3v) is 3.83. The number of ether oxygens (including phenoxy) is 1. The first-order valence-electron chi connectivity index (χ1n) is 5.60. The highest BCUT2D eigenvalue weighted by molar-refractivity contribution is 9.10. The topological polar surface area (TPSA) is 38.3 Å². The summed E-state index contributed by atoms with van der Waals surface area (Å²) >= 11 is 3.31. The number of carbonyl (C=O) groups excluding carboxylic acids is 1. The summed E-state index contributed by atoms with van der Waals surface area (Å²) in [6, 6.07) is 0.559. The molecule has 1 fully saturated rings. The monoisotopic (exact) mass is 277 g/mol. The van der Waals surface area contributed by atoms with Gasteiger partial charge in [0.25, 0.3) is 0 Å². The molecule has 0 spiro atoms. The van der Waals surface area contributed by atoms with E-state index in [4.69, 9.17) is 0 Å². The molecule has 15 heavy (non-hydrogen) atoms. The summed E-state index contributed by atoms with van der Waals surface area (Å²) in [5.41, 5.74) is 0. The van der Waals surface area contributed by atoms with Gasteiger partial charge in [0.05, 0.1) is 7.11 Å². The van der Waals surface area contributed by atoms with Crippen LogP contribution in [0.15, 0.2) is 0 Å². The molecule has 88 valence electrons. The Morgan fingerprint density at radius 3 is 2.80 bits per heavy atom. The molecule has 0 radical (unpaired) electrons. The van der Waals surface area contributed by atoms with E-state index in [2.05, 4.69) is 32.9 Å². The van der Waals surface area contributed by atoms with Crippen LogP contribution in [0.2, 0.25) is 0 Å². The summed E-state index contributed by atoms with van der Waals surface area (Å²) in [5, 5.41) is 3.44. The lowest BCUT2D eigenvalue weighted by atomic mass is 9.86. The Hall–Kier alpha value is -0.0900. The first-order valence-corrected chi connectivity index (χ1v) is 6.52. The fourth-order valence-electron chi connectivity index (χ4n) is 2.09. The third-order valence-electron chi connectivity index (χ3n) is 3.13. The van der Waals surface area contributed by atoms with Crippen molar-refractivity contribution in [1.29, 1.82) is 0 Å². The van der Waals surface area contributed by atoms with Gasteiger partial charge in [0.1, 0.15) is 4.83 Å². The van der Waals surface area contributed by atoms with Gasteiger partial charge in [-0.3, -0.25) is 4.79 Å². The van der Waals surface area contributed by atoms with Crippen LogP contribution >= 0.6 is 15.9 Å². The smallest absolute Gasteiger partial charge is 0.320 e. The minimum absolute atomic E-state index is 0.203. The van der Waals surface area contributed by atoms with Crippen molar-refractivity contribution < 1.29 is 9.53 Å². The van der Waals surface area contributed by atoms with Crippen LogP contribution in [0.3, 0.4) is 0 Å². The number of alkyl halides is 1. The standard InChI is InChI=1S/C11H20BrNO2/c1-8-5-3-4-6-10(8)13-7-9(12)11(14)15-2/h8-10,13H,3-7H2,1-2H3.